The van der Waals surface area contributed by atoms with Gasteiger partial charge in [-0.15, -0.1) is 0 Å². The van der Waals surface area contributed by atoms with Crippen LogP contribution in [0.15, 0.2) is 48.5 Å². The van der Waals surface area contributed by atoms with Gasteiger partial charge in [-0.3, -0.25) is 9.69 Å². The van der Waals surface area contributed by atoms with Crippen LogP contribution >= 0.6 is 0 Å². The summed E-state index contributed by atoms with van der Waals surface area (Å²) in [6.07, 6.45) is 3.62. The van der Waals surface area contributed by atoms with E-state index >= 15 is 8.78 Å². The van der Waals surface area contributed by atoms with Gasteiger partial charge in [0.05, 0.1) is 18.1 Å². The molecule has 6 aliphatic rings. The van der Waals surface area contributed by atoms with Crippen LogP contribution in [0.5, 0.6) is 5.75 Å². The Morgan fingerprint density at radius 3 is 2.69 bits per heavy atom. The van der Waals surface area contributed by atoms with Crippen LogP contribution in [0.4, 0.5) is 8.78 Å². The van der Waals surface area contributed by atoms with Crippen LogP contribution in [0, 0.1) is 11.8 Å². The second-order valence-corrected chi connectivity index (χ2v) is 11.9. The predicted molar refractivity (Wildman–Crippen MR) is 128 cm³/mol. The van der Waals surface area contributed by atoms with E-state index in [1.807, 2.05) is 29.2 Å². The zero-order chi connectivity index (χ0) is 24.4. The molecule has 0 spiro atoms. The number of piperidine rings is 1. The van der Waals surface area contributed by atoms with Crippen LogP contribution < -0.4 is 0 Å². The van der Waals surface area contributed by atoms with Gasteiger partial charge < -0.3 is 14.7 Å². The summed E-state index contributed by atoms with van der Waals surface area (Å²) >= 11 is 0. The number of amides is 1. The molecule has 5 nitrogen and oxygen atoms in total. The second-order valence-electron chi connectivity index (χ2n) is 11.9. The summed E-state index contributed by atoms with van der Waals surface area (Å²) in [5.74, 6) is -3.14. The average molecular weight is 493 g/mol. The van der Waals surface area contributed by atoms with Gasteiger partial charge in [0.15, 0.2) is 0 Å². The van der Waals surface area contributed by atoms with Gasteiger partial charge in [0.1, 0.15) is 11.4 Å². The first-order chi connectivity index (χ1) is 17.4. The minimum atomic E-state index is -3.05. The van der Waals surface area contributed by atoms with Crippen molar-refractivity contribution < 1.29 is 23.4 Å². The maximum Gasteiger partial charge on any atom is 0.273 e. The molecule has 8 rings (SSSR count). The minimum Gasteiger partial charge on any atom is -0.508 e. The molecule has 2 aromatic rings. The van der Waals surface area contributed by atoms with Crippen molar-refractivity contribution in [3.8, 4) is 5.75 Å². The number of hydrogen-bond acceptors (Lipinski definition) is 4. The SMILES string of the molecule is O=C(c1ccccc1)N1C[C@H]2O[C@@]34CC[C@@H]1[C@@H]2[C@]31c2cc(O)ccc2C[C@H]4N(CC2CC2)CC1(F)F. The fourth-order valence-electron chi connectivity index (χ4n) is 9.03. The predicted octanol–water partition coefficient (Wildman–Crippen LogP) is 3.99. The van der Waals surface area contributed by atoms with Crippen molar-refractivity contribution in [2.45, 2.75) is 67.2 Å². The molecule has 3 aliphatic carbocycles. The van der Waals surface area contributed by atoms with E-state index in [-0.39, 0.29) is 30.3 Å². The molecular formula is C29H30F2N2O3. The van der Waals surface area contributed by atoms with E-state index < -0.39 is 29.0 Å². The molecule has 7 heteroatoms. The molecule has 3 saturated heterocycles. The number of alkyl halides is 2. The van der Waals surface area contributed by atoms with E-state index in [1.54, 1.807) is 29.2 Å². The number of hydrogen-bond donors (Lipinski definition) is 1. The van der Waals surface area contributed by atoms with Gasteiger partial charge in [0, 0.05) is 36.7 Å². The van der Waals surface area contributed by atoms with Crippen molar-refractivity contribution in [3.05, 3.63) is 65.2 Å². The molecule has 36 heavy (non-hydrogen) atoms. The third-order valence-electron chi connectivity index (χ3n) is 10.3. The molecule has 5 fully saturated rings. The van der Waals surface area contributed by atoms with Crippen LogP contribution in [0.25, 0.3) is 0 Å². The van der Waals surface area contributed by atoms with Crippen LogP contribution in [-0.4, -0.2) is 70.2 Å². The van der Waals surface area contributed by atoms with Gasteiger partial charge in [-0.05, 0) is 73.4 Å². The molecule has 188 valence electrons. The molecule has 1 amide bonds. The number of nitrogens with zero attached hydrogens (tertiary/aromatic N) is 2. The second kappa shape index (κ2) is 6.87. The summed E-state index contributed by atoms with van der Waals surface area (Å²) in [7, 11) is 0. The lowest BCUT2D eigenvalue weighted by molar-refractivity contribution is -0.259. The van der Waals surface area contributed by atoms with Gasteiger partial charge >= 0.3 is 0 Å². The molecule has 0 radical (unpaired) electrons. The minimum absolute atomic E-state index is 0.0162. The molecular weight excluding hydrogens is 462 g/mol. The van der Waals surface area contributed by atoms with Crippen molar-refractivity contribution in [2.24, 2.45) is 11.8 Å². The highest BCUT2D eigenvalue weighted by atomic mass is 19.3. The zero-order valence-corrected chi connectivity index (χ0v) is 20.1. The number of aromatic hydroxyl groups is 1. The van der Waals surface area contributed by atoms with Gasteiger partial charge in [0.25, 0.3) is 11.8 Å². The standard InChI is InChI=1S/C29H30F2N2O3/c30-28(31)16-32(14-17-6-7-17)24-12-19-8-9-20(34)13-21(19)29(28)25-22-10-11-27(24,29)36-23(25)15-33(22)26(35)18-4-2-1-3-5-18/h1-5,8-9,13,17,22-25,34H,6-7,10-12,14-16H2/t22-,23-,24-,25+,27-,29-/m1/s1. The number of benzene rings is 2. The van der Waals surface area contributed by atoms with Gasteiger partial charge in [0.2, 0.25) is 0 Å². The van der Waals surface area contributed by atoms with Crippen molar-refractivity contribution >= 4 is 5.91 Å². The lowest BCUT2D eigenvalue weighted by Crippen LogP contribution is -2.81. The molecule has 0 unspecified atom stereocenters. The van der Waals surface area contributed by atoms with Crippen molar-refractivity contribution in [2.75, 3.05) is 19.6 Å². The van der Waals surface area contributed by atoms with Crippen molar-refractivity contribution in [1.29, 1.82) is 0 Å². The quantitative estimate of drug-likeness (QED) is 0.704. The van der Waals surface area contributed by atoms with E-state index in [0.717, 1.165) is 18.4 Å². The fraction of sp³-hybridized carbons (Fsp3) is 0.552. The van der Waals surface area contributed by atoms with E-state index in [0.29, 0.717) is 49.4 Å². The lowest BCUT2D eigenvalue weighted by Gasteiger charge is -2.66. The summed E-state index contributed by atoms with van der Waals surface area (Å²) in [5, 5.41) is 10.5. The molecule has 4 bridgehead atoms. The number of likely N-dealkylation sites (tertiary alicyclic amines) is 2. The number of halogens is 2. The molecule has 0 aromatic heterocycles. The largest absolute Gasteiger partial charge is 0.508 e. The molecule has 2 aromatic carbocycles. The van der Waals surface area contributed by atoms with Crippen LogP contribution in [-0.2, 0) is 16.6 Å². The van der Waals surface area contributed by atoms with E-state index in [2.05, 4.69) is 0 Å². The van der Waals surface area contributed by atoms with Gasteiger partial charge in [-0.2, -0.15) is 0 Å². The maximum atomic E-state index is 17.0. The molecule has 3 heterocycles. The van der Waals surface area contributed by atoms with Gasteiger partial charge in [-0.25, -0.2) is 8.78 Å². The van der Waals surface area contributed by atoms with Crippen molar-refractivity contribution in [3.63, 3.8) is 0 Å². The number of phenols is 1. The van der Waals surface area contributed by atoms with Crippen LogP contribution in [0.3, 0.4) is 0 Å². The number of phenolic OH excluding ortho intramolecular Hbond substituents is 1. The zero-order valence-electron chi connectivity index (χ0n) is 20.1. The number of carbonyl (C=O) groups excluding carboxylic acids is 1. The number of ether oxygens (including phenoxy) is 1. The summed E-state index contributed by atoms with van der Waals surface area (Å²) in [6, 6.07) is 13.7. The Morgan fingerprint density at radius 2 is 1.92 bits per heavy atom. The maximum absolute atomic E-state index is 17.0. The Bertz CT molecular complexity index is 1270. The Morgan fingerprint density at radius 1 is 1.11 bits per heavy atom. The van der Waals surface area contributed by atoms with Crippen LogP contribution in [0.2, 0.25) is 0 Å². The first-order valence-corrected chi connectivity index (χ1v) is 13.3. The molecule has 6 atom stereocenters. The first-order valence-electron chi connectivity index (χ1n) is 13.3. The Labute approximate surface area is 209 Å². The van der Waals surface area contributed by atoms with Gasteiger partial charge in [-0.1, -0.05) is 24.3 Å². The molecule has 3 aliphatic heterocycles. The smallest absolute Gasteiger partial charge is 0.273 e. The lowest BCUT2D eigenvalue weighted by atomic mass is 9.45. The summed E-state index contributed by atoms with van der Waals surface area (Å²) in [6.45, 7) is 0.759. The summed E-state index contributed by atoms with van der Waals surface area (Å²) in [4.78, 5) is 17.4. The topological polar surface area (TPSA) is 53.0 Å². The Kier molecular flexibility index (Phi) is 4.11. The molecule has 2 saturated carbocycles. The summed E-state index contributed by atoms with van der Waals surface area (Å²) < 4.78 is 40.9. The number of rotatable bonds is 3. The van der Waals surface area contributed by atoms with Crippen LogP contribution in [0.1, 0.15) is 47.2 Å². The monoisotopic (exact) mass is 492 g/mol. The highest BCUT2D eigenvalue weighted by Gasteiger charge is 2.86. The summed E-state index contributed by atoms with van der Waals surface area (Å²) in [5.41, 5.74) is -0.515. The highest BCUT2D eigenvalue weighted by molar-refractivity contribution is 5.94. The fourth-order valence-corrected chi connectivity index (χ4v) is 9.03. The third kappa shape index (κ3) is 2.44. The van der Waals surface area contributed by atoms with E-state index in [4.69, 9.17) is 4.74 Å². The first kappa shape index (κ1) is 21.6. The van der Waals surface area contributed by atoms with E-state index in [1.165, 1.54) is 0 Å². The number of carbonyl (C=O) groups is 1. The third-order valence-corrected chi connectivity index (χ3v) is 10.3. The highest BCUT2D eigenvalue weighted by Crippen LogP contribution is 2.73. The Hall–Kier alpha value is -2.51. The average Bonchev–Trinajstić information content (AvgIpc) is 3.55. The van der Waals surface area contributed by atoms with Crippen molar-refractivity contribution in [1.82, 2.24) is 9.80 Å². The normalized spacial score (nSPS) is 39.6. The Balaban J connectivity index is 1.31. The van der Waals surface area contributed by atoms with E-state index in [9.17, 15) is 9.90 Å². The molecule has 1 N–H and O–H groups in total. The number of fused-ring (bicyclic) bond motifs is 1.